The van der Waals surface area contributed by atoms with E-state index < -0.39 is 0 Å². The summed E-state index contributed by atoms with van der Waals surface area (Å²) in [5, 5.41) is 14.0. The van der Waals surface area contributed by atoms with Crippen molar-refractivity contribution in [2.24, 2.45) is 11.8 Å². The number of benzene rings is 2. The zero-order chi connectivity index (χ0) is 26.6. The summed E-state index contributed by atoms with van der Waals surface area (Å²) in [5.41, 5.74) is 1.46. The van der Waals surface area contributed by atoms with Crippen LogP contribution in [0.4, 0.5) is 5.13 Å². The van der Waals surface area contributed by atoms with Gasteiger partial charge in [-0.15, -0.1) is 21.5 Å². The standard InChI is InChI=1S/C30H33N5O3S/c1-20-5-4-6-21(15-20)19-37-25-16-23(29(36)32-30-31-12-14-39-30)17-26(18-25)38-24-10-8-22(9-11-24)28-34-33-27-7-2-3-13-35(27)28/h8-12,14,16-18,20-21H,2-7,13,15,19H2,1H3,(H,31,32,36). The topological polar surface area (TPSA) is 91.2 Å². The quantitative estimate of drug-likeness (QED) is 0.258. The fourth-order valence-corrected chi connectivity index (χ4v) is 6.08. The maximum Gasteiger partial charge on any atom is 0.257 e. The first-order chi connectivity index (χ1) is 19.1. The van der Waals surface area contributed by atoms with E-state index in [1.165, 1.54) is 37.0 Å². The molecule has 2 aromatic carbocycles. The highest BCUT2D eigenvalue weighted by molar-refractivity contribution is 7.13. The number of hydrogen-bond donors (Lipinski definition) is 1. The fraction of sp³-hybridized carbons (Fsp3) is 0.400. The average molecular weight is 544 g/mol. The van der Waals surface area contributed by atoms with Gasteiger partial charge in [0, 0.05) is 41.7 Å². The molecule has 2 aliphatic rings. The molecular weight excluding hydrogens is 510 g/mol. The van der Waals surface area contributed by atoms with Gasteiger partial charge in [-0.2, -0.15) is 0 Å². The van der Waals surface area contributed by atoms with E-state index in [9.17, 15) is 4.79 Å². The van der Waals surface area contributed by atoms with Crippen molar-refractivity contribution in [3.8, 4) is 28.6 Å². The molecule has 8 nitrogen and oxygen atoms in total. The Morgan fingerprint density at radius 3 is 2.74 bits per heavy atom. The number of carbonyl (C=O) groups excluding carboxylic acids is 1. The molecule has 1 N–H and O–H groups in total. The SMILES string of the molecule is CC1CCCC(COc2cc(Oc3ccc(-c4nnc5n4CCCC5)cc3)cc(C(=O)Nc3nccs3)c2)C1. The maximum absolute atomic E-state index is 13.0. The van der Waals surface area contributed by atoms with Crippen LogP contribution in [0.2, 0.25) is 0 Å². The molecule has 39 heavy (non-hydrogen) atoms. The van der Waals surface area contributed by atoms with Gasteiger partial charge in [-0.3, -0.25) is 10.1 Å². The van der Waals surface area contributed by atoms with Crippen LogP contribution in [0.1, 0.15) is 61.6 Å². The lowest BCUT2D eigenvalue weighted by atomic mass is 9.83. The number of nitrogens with zero attached hydrogens (tertiary/aromatic N) is 4. The number of ether oxygens (including phenoxy) is 2. The summed E-state index contributed by atoms with van der Waals surface area (Å²) >= 11 is 1.38. The zero-order valence-corrected chi connectivity index (χ0v) is 23.0. The minimum Gasteiger partial charge on any atom is -0.493 e. The lowest BCUT2D eigenvalue weighted by molar-refractivity contribution is 0.102. The van der Waals surface area contributed by atoms with Crippen LogP contribution in [0, 0.1) is 11.8 Å². The third kappa shape index (κ3) is 6.14. The third-order valence-corrected chi connectivity index (χ3v) is 8.22. The van der Waals surface area contributed by atoms with Gasteiger partial charge in [0.1, 0.15) is 23.1 Å². The number of aryl methyl sites for hydroxylation is 1. The van der Waals surface area contributed by atoms with Gasteiger partial charge in [-0.05, 0) is 73.9 Å². The van der Waals surface area contributed by atoms with Crippen molar-refractivity contribution in [1.29, 1.82) is 0 Å². The minimum absolute atomic E-state index is 0.251. The van der Waals surface area contributed by atoms with Crippen LogP contribution >= 0.6 is 11.3 Å². The number of hydrogen-bond acceptors (Lipinski definition) is 7. The summed E-state index contributed by atoms with van der Waals surface area (Å²) in [6.07, 6.45) is 9.85. The van der Waals surface area contributed by atoms with E-state index in [-0.39, 0.29) is 5.91 Å². The number of aromatic nitrogens is 4. The molecule has 1 amide bonds. The first kappa shape index (κ1) is 25.6. The van der Waals surface area contributed by atoms with E-state index in [0.29, 0.717) is 40.5 Å². The van der Waals surface area contributed by atoms with Gasteiger partial charge >= 0.3 is 0 Å². The summed E-state index contributed by atoms with van der Waals surface area (Å²) in [5.74, 6) is 4.79. The molecule has 2 unspecified atom stereocenters. The van der Waals surface area contributed by atoms with Crippen LogP contribution in [0.15, 0.2) is 54.0 Å². The van der Waals surface area contributed by atoms with Crippen molar-refractivity contribution in [3.05, 3.63) is 65.4 Å². The summed E-state index contributed by atoms with van der Waals surface area (Å²) in [6.45, 7) is 3.90. The second kappa shape index (κ2) is 11.6. The highest BCUT2D eigenvalue weighted by atomic mass is 32.1. The predicted molar refractivity (Wildman–Crippen MR) is 152 cm³/mol. The first-order valence-corrected chi connectivity index (χ1v) is 14.7. The van der Waals surface area contributed by atoms with E-state index >= 15 is 0 Å². The molecule has 0 spiro atoms. The molecule has 1 fully saturated rings. The summed E-state index contributed by atoms with van der Waals surface area (Å²) in [4.78, 5) is 17.2. The van der Waals surface area contributed by atoms with Crippen molar-refractivity contribution >= 4 is 22.4 Å². The third-order valence-electron chi connectivity index (χ3n) is 7.53. The fourth-order valence-electron chi connectivity index (χ4n) is 5.55. The first-order valence-electron chi connectivity index (χ1n) is 13.8. The average Bonchev–Trinajstić information content (AvgIpc) is 3.62. The Morgan fingerprint density at radius 1 is 1.05 bits per heavy atom. The predicted octanol–water partition coefficient (Wildman–Crippen LogP) is 6.99. The van der Waals surface area contributed by atoms with Crippen LogP contribution in [0.5, 0.6) is 17.2 Å². The van der Waals surface area contributed by atoms with E-state index in [0.717, 1.165) is 48.9 Å². The largest absolute Gasteiger partial charge is 0.493 e. The number of carbonyl (C=O) groups is 1. The van der Waals surface area contributed by atoms with Gasteiger partial charge in [0.05, 0.1) is 6.61 Å². The van der Waals surface area contributed by atoms with Crippen molar-refractivity contribution in [1.82, 2.24) is 19.7 Å². The highest BCUT2D eigenvalue weighted by Crippen LogP contribution is 2.33. The smallest absolute Gasteiger partial charge is 0.257 e. The monoisotopic (exact) mass is 543 g/mol. The molecule has 202 valence electrons. The Balaban J connectivity index is 1.21. The minimum atomic E-state index is -0.251. The Kier molecular flexibility index (Phi) is 7.58. The normalized spacial score (nSPS) is 18.8. The van der Waals surface area contributed by atoms with Gasteiger partial charge in [0.2, 0.25) is 0 Å². The number of fused-ring (bicyclic) bond motifs is 1. The lowest BCUT2D eigenvalue weighted by Crippen LogP contribution is -2.20. The molecule has 2 atom stereocenters. The lowest BCUT2D eigenvalue weighted by Gasteiger charge is -2.26. The number of amides is 1. The van der Waals surface area contributed by atoms with Crippen molar-refractivity contribution in [2.45, 2.75) is 58.4 Å². The van der Waals surface area contributed by atoms with Gasteiger partial charge in [0.15, 0.2) is 11.0 Å². The molecular formula is C30H33N5O3S. The van der Waals surface area contributed by atoms with E-state index in [1.807, 2.05) is 35.7 Å². The molecule has 0 radical (unpaired) electrons. The molecule has 4 aromatic rings. The Morgan fingerprint density at radius 2 is 1.92 bits per heavy atom. The van der Waals surface area contributed by atoms with Crippen LogP contribution in [-0.2, 0) is 13.0 Å². The molecule has 1 saturated carbocycles. The summed E-state index contributed by atoms with van der Waals surface area (Å²) in [6, 6.07) is 13.2. The molecule has 6 rings (SSSR count). The zero-order valence-electron chi connectivity index (χ0n) is 22.1. The number of anilines is 1. The molecule has 0 saturated heterocycles. The summed E-state index contributed by atoms with van der Waals surface area (Å²) in [7, 11) is 0. The highest BCUT2D eigenvalue weighted by Gasteiger charge is 2.21. The molecule has 0 bridgehead atoms. The Labute approximate surface area is 232 Å². The van der Waals surface area contributed by atoms with E-state index in [2.05, 4.69) is 32.0 Å². The van der Waals surface area contributed by atoms with Crippen molar-refractivity contribution in [2.75, 3.05) is 11.9 Å². The number of rotatable bonds is 8. The molecule has 2 aromatic heterocycles. The summed E-state index contributed by atoms with van der Waals surface area (Å²) < 4.78 is 14.7. The Bertz CT molecular complexity index is 1420. The van der Waals surface area contributed by atoms with Crippen molar-refractivity contribution < 1.29 is 14.3 Å². The van der Waals surface area contributed by atoms with Crippen LogP contribution < -0.4 is 14.8 Å². The van der Waals surface area contributed by atoms with Crippen LogP contribution in [0.25, 0.3) is 11.4 Å². The number of thiazole rings is 1. The van der Waals surface area contributed by atoms with Crippen LogP contribution in [0.3, 0.4) is 0 Å². The van der Waals surface area contributed by atoms with E-state index in [1.54, 1.807) is 18.3 Å². The molecule has 3 heterocycles. The molecule has 1 aliphatic carbocycles. The number of nitrogens with one attached hydrogen (secondary N) is 1. The van der Waals surface area contributed by atoms with Gasteiger partial charge < -0.3 is 14.0 Å². The maximum atomic E-state index is 13.0. The molecule has 9 heteroatoms. The second-order valence-corrected chi connectivity index (χ2v) is 11.5. The van der Waals surface area contributed by atoms with Gasteiger partial charge in [0.25, 0.3) is 5.91 Å². The van der Waals surface area contributed by atoms with Crippen LogP contribution in [-0.4, -0.2) is 32.3 Å². The van der Waals surface area contributed by atoms with Crippen molar-refractivity contribution in [3.63, 3.8) is 0 Å². The van der Waals surface area contributed by atoms with Gasteiger partial charge in [-0.1, -0.05) is 19.8 Å². The van der Waals surface area contributed by atoms with E-state index in [4.69, 9.17) is 9.47 Å². The second-order valence-electron chi connectivity index (χ2n) is 10.6. The Hall–Kier alpha value is -3.72. The van der Waals surface area contributed by atoms with Gasteiger partial charge in [-0.25, -0.2) is 4.98 Å². The molecule has 1 aliphatic heterocycles.